The van der Waals surface area contributed by atoms with Gasteiger partial charge >= 0.3 is 0 Å². The molecule has 1 aromatic carbocycles. The zero-order chi connectivity index (χ0) is 19.2. The maximum absolute atomic E-state index is 14.5. The predicted octanol–water partition coefficient (Wildman–Crippen LogP) is 4.83. The molecule has 1 aliphatic rings. The molecular formula is C20H18F2N4S. The number of aromatic nitrogens is 1. The van der Waals surface area contributed by atoms with E-state index in [9.17, 15) is 8.78 Å². The van der Waals surface area contributed by atoms with Crippen LogP contribution < -0.4 is 5.73 Å². The first kappa shape index (κ1) is 19.1. The number of benzene rings is 1. The second-order valence-corrected chi connectivity index (χ2v) is 7.26. The fraction of sp³-hybridized carbons (Fsp3) is 0.250. The number of halogens is 2. The number of nitrogens with zero attached hydrogens (tertiary/aromatic N) is 3. The molecule has 0 saturated carbocycles. The van der Waals surface area contributed by atoms with Crippen LogP contribution in [0.2, 0.25) is 0 Å². The van der Waals surface area contributed by atoms with E-state index in [1.165, 1.54) is 48.3 Å². The molecule has 0 fully saturated rings. The Morgan fingerprint density at radius 3 is 2.89 bits per heavy atom. The summed E-state index contributed by atoms with van der Waals surface area (Å²) in [7, 11) is 0. The van der Waals surface area contributed by atoms with Gasteiger partial charge in [0.2, 0.25) is 0 Å². The van der Waals surface area contributed by atoms with Crippen molar-refractivity contribution in [2.24, 2.45) is 10.7 Å². The van der Waals surface area contributed by atoms with Crippen LogP contribution in [0.15, 0.2) is 41.5 Å². The lowest BCUT2D eigenvalue weighted by Gasteiger charge is -2.18. The van der Waals surface area contributed by atoms with Crippen LogP contribution in [-0.2, 0) is 0 Å². The van der Waals surface area contributed by atoms with Gasteiger partial charge in [0.25, 0.3) is 0 Å². The standard InChI is InChI=1S/C20H18F2N4S/c21-16-6-4-13(10-17(22)19-7-5-14(11-23)12-25-19)9-15(16)18-3-1-2-8-27-20(24)26-18/h4-7,9-10,12,18H,1-3,8H2,(H2,24,26)/b17-10-/t18-/m0/s1. The van der Waals surface area contributed by atoms with Crippen LogP contribution in [0.4, 0.5) is 8.78 Å². The van der Waals surface area contributed by atoms with Gasteiger partial charge in [-0.05, 0) is 48.7 Å². The molecule has 0 radical (unpaired) electrons. The van der Waals surface area contributed by atoms with Gasteiger partial charge in [-0.15, -0.1) is 0 Å². The summed E-state index contributed by atoms with van der Waals surface area (Å²) in [4.78, 5) is 8.35. The van der Waals surface area contributed by atoms with Gasteiger partial charge in [-0.3, -0.25) is 9.98 Å². The van der Waals surface area contributed by atoms with Crippen LogP contribution in [0.25, 0.3) is 11.9 Å². The molecule has 2 aromatic rings. The number of rotatable bonds is 3. The Morgan fingerprint density at radius 2 is 2.15 bits per heavy atom. The number of pyridine rings is 1. The van der Waals surface area contributed by atoms with Gasteiger partial charge in [0.1, 0.15) is 17.7 Å². The van der Waals surface area contributed by atoms with Gasteiger partial charge in [-0.1, -0.05) is 24.2 Å². The third-order valence-electron chi connectivity index (χ3n) is 4.21. The van der Waals surface area contributed by atoms with E-state index < -0.39 is 5.83 Å². The maximum Gasteiger partial charge on any atom is 0.154 e. The van der Waals surface area contributed by atoms with Crippen LogP contribution in [0.1, 0.15) is 47.7 Å². The van der Waals surface area contributed by atoms with Crippen LogP contribution in [-0.4, -0.2) is 15.9 Å². The molecule has 0 saturated heterocycles. The Morgan fingerprint density at radius 1 is 1.30 bits per heavy atom. The number of nitrogens with two attached hydrogens (primary N) is 1. The highest BCUT2D eigenvalue weighted by molar-refractivity contribution is 8.13. The normalized spacial score (nSPS) is 18.2. The molecule has 0 bridgehead atoms. The van der Waals surface area contributed by atoms with Crippen LogP contribution >= 0.6 is 11.8 Å². The largest absolute Gasteiger partial charge is 0.379 e. The molecule has 1 aromatic heterocycles. The SMILES string of the molecule is N#Cc1ccc(/C(F)=C/c2ccc(F)c([C@@H]3CCCCSC(N)=N3)c2)nc1. The minimum absolute atomic E-state index is 0.115. The summed E-state index contributed by atoms with van der Waals surface area (Å²) in [5.74, 6) is -0.0275. The molecule has 27 heavy (non-hydrogen) atoms. The van der Waals surface area contributed by atoms with Crippen molar-refractivity contribution >= 4 is 28.8 Å². The fourth-order valence-electron chi connectivity index (χ4n) is 2.83. The van der Waals surface area contributed by atoms with Crippen LogP contribution in [0.5, 0.6) is 0 Å². The molecule has 1 atom stereocenters. The van der Waals surface area contributed by atoms with Crippen molar-refractivity contribution in [2.45, 2.75) is 25.3 Å². The summed E-state index contributed by atoms with van der Waals surface area (Å²) in [6.45, 7) is 0. The average molecular weight is 384 g/mol. The number of amidine groups is 1. The van der Waals surface area contributed by atoms with Gasteiger partial charge in [-0.2, -0.15) is 5.26 Å². The Kier molecular flexibility index (Phi) is 6.20. The fourth-order valence-corrected chi connectivity index (χ4v) is 3.59. The zero-order valence-electron chi connectivity index (χ0n) is 14.5. The first-order valence-corrected chi connectivity index (χ1v) is 9.54. The number of thioether (sulfide) groups is 1. The molecule has 2 N–H and O–H groups in total. The van der Waals surface area contributed by atoms with Crippen molar-refractivity contribution < 1.29 is 8.78 Å². The Balaban J connectivity index is 1.91. The Bertz CT molecular complexity index is 917. The van der Waals surface area contributed by atoms with Crippen molar-refractivity contribution in [1.29, 1.82) is 5.26 Å². The van der Waals surface area contributed by atoms with E-state index in [1.54, 1.807) is 6.07 Å². The molecule has 0 spiro atoms. The Hall–Kier alpha value is -2.72. The summed E-state index contributed by atoms with van der Waals surface area (Å²) in [6.07, 6.45) is 5.23. The van der Waals surface area contributed by atoms with Crippen molar-refractivity contribution in [1.82, 2.24) is 4.98 Å². The van der Waals surface area contributed by atoms with Crippen LogP contribution in [0.3, 0.4) is 0 Å². The van der Waals surface area contributed by atoms with Crippen molar-refractivity contribution in [3.8, 4) is 6.07 Å². The molecule has 1 aliphatic heterocycles. The molecule has 2 heterocycles. The van der Waals surface area contributed by atoms with Gasteiger partial charge < -0.3 is 5.73 Å². The molecule has 4 nitrogen and oxygen atoms in total. The van der Waals surface area contributed by atoms with Gasteiger partial charge in [0.05, 0.1) is 17.3 Å². The quantitative estimate of drug-likeness (QED) is 0.822. The van der Waals surface area contributed by atoms with E-state index in [-0.39, 0.29) is 17.6 Å². The third kappa shape index (κ3) is 4.92. The topological polar surface area (TPSA) is 75.1 Å². The molecule has 0 unspecified atom stereocenters. The van der Waals surface area contributed by atoms with E-state index in [0.29, 0.717) is 28.3 Å². The molecule has 138 valence electrons. The molecule has 0 amide bonds. The minimum atomic E-state index is -0.562. The predicted molar refractivity (Wildman–Crippen MR) is 105 cm³/mol. The summed E-state index contributed by atoms with van der Waals surface area (Å²) in [6, 6.07) is 8.92. The lowest BCUT2D eigenvalue weighted by atomic mass is 9.98. The highest BCUT2D eigenvalue weighted by Crippen LogP contribution is 2.31. The number of aliphatic imine (C=N–C) groups is 1. The lowest BCUT2D eigenvalue weighted by molar-refractivity contribution is 0.549. The molecule has 3 rings (SSSR count). The second kappa shape index (κ2) is 8.78. The first-order chi connectivity index (χ1) is 13.1. The summed E-state index contributed by atoms with van der Waals surface area (Å²) >= 11 is 1.47. The number of hydrogen-bond acceptors (Lipinski definition) is 5. The van der Waals surface area contributed by atoms with Crippen LogP contribution in [0, 0.1) is 17.1 Å². The van der Waals surface area contributed by atoms with E-state index in [1.807, 2.05) is 6.07 Å². The minimum Gasteiger partial charge on any atom is -0.379 e. The monoisotopic (exact) mass is 384 g/mol. The first-order valence-electron chi connectivity index (χ1n) is 8.56. The molecule has 0 aliphatic carbocycles. The van der Waals surface area contributed by atoms with Crippen molar-refractivity contribution in [3.63, 3.8) is 0 Å². The summed E-state index contributed by atoms with van der Waals surface area (Å²) < 4.78 is 28.9. The zero-order valence-corrected chi connectivity index (χ0v) is 15.3. The lowest BCUT2D eigenvalue weighted by Crippen LogP contribution is -2.13. The maximum atomic E-state index is 14.5. The number of hydrogen-bond donors (Lipinski definition) is 1. The third-order valence-corrected chi connectivity index (χ3v) is 5.11. The highest BCUT2D eigenvalue weighted by atomic mass is 32.2. The van der Waals surface area contributed by atoms with E-state index in [4.69, 9.17) is 11.0 Å². The van der Waals surface area contributed by atoms with E-state index >= 15 is 0 Å². The van der Waals surface area contributed by atoms with Gasteiger partial charge in [-0.25, -0.2) is 8.78 Å². The summed E-state index contributed by atoms with van der Waals surface area (Å²) in [5, 5.41) is 9.24. The van der Waals surface area contributed by atoms with Crippen molar-refractivity contribution in [3.05, 3.63) is 64.7 Å². The highest BCUT2D eigenvalue weighted by Gasteiger charge is 2.18. The van der Waals surface area contributed by atoms with Crippen molar-refractivity contribution in [2.75, 3.05) is 5.75 Å². The smallest absolute Gasteiger partial charge is 0.154 e. The summed E-state index contributed by atoms with van der Waals surface area (Å²) in [5.41, 5.74) is 7.28. The average Bonchev–Trinajstić information content (AvgIpc) is 2.66. The van der Waals surface area contributed by atoms with E-state index in [2.05, 4.69) is 9.98 Å². The molecular weight excluding hydrogens is 366 g/mol. The van der Waals surface area contributed by atoms with E-state index in [0.717, 1.165) is 18.6 Å². The molecule has 7 heteroatoms. The number of nitriles is 1. The Labute approximate surface area is 160 Å². The second-order valence-electron chi connectivity index (χ2n) is 6.14. The van der Waals surface area contributed by atoms with Gasteiger partial charge in [0.15, 0.2) is 5.17 Å². The van der Waals surface area contributed by atoms with Gasteiger partial charge in [0, 0.05) is 17.5 Å².